The number of nitrogens with zero attached hydrogens (tertiary/aromatic N) is 1. The van der Waals surface area contributed by atoms with Crippen molar-refractivity contribution in [2.75, 3.05) is 20.7 Å². The Hall–Kier alpha value is -1.31. The third-order valence-corrected chi connectivity index (χ3v) is 6.68. The molecule has 1 spiro atoms. The van der Waals surface area contributed by atoms with Gasteiger partial charge in [0.15, 0.2) is 5.78 Å². The van der Waals surface area contributed by atoms with Gasteiger partial charge in [-0.2, -0.15) is 0 Å². The second-order valence-corrected chi connectivity index (χ2v) is 7.48. The molecule has 2 N–H and O–H groups in total. The van der Waals surface area contributed by atoms with Gasteiger partial charge in [0.1, 0.15) is 12.2 Å². The van der Waals surface area contributed by atoms with Crippen molar-refractivity contribution in [3.63, 3.8) is 0 Å². The van der Waals surface area contributed by atoms with Gasteiger partial charge >= 0.3 is 0 Å². The van der Waals surface area contributed by atoms with Gasteiger partial charge in [0.25, 0.3) is 0 Å². The molecule has 0 amide bonds. The van der Waals surface area contributed by atoms with E-state index in [-0.39, 0.29) is 17.7 Å². The molecule has 2 fully saturated rings. The van der Waals surface area contributed by atoms with Crippen LogP contribution in [0.25, 0.3) is 0 Å². The average molecular weight is 331 g/mol. The molecule has 128 valence electrons. The van der Waals surface area contributed by atoms with Gasteiger partial charge in [0.05, 0.1) is 12.1 Å². The fourth-order valence-electron chi connectivity index (χ4n) is 5.70. The Morgan fingerprint density at radius 2 is 2.12 bits per heavy atom. The standard InChI is InChI=1S/C18H21NO5/c1-19-8-7-17-10-4-5-11(20)16(17)24-18(23-2)12(21)6-3-9(15(17)18)14(22)13(10)19/h3-6,10-13,16,20-21H,7-8H2,1-2H3/t10-,11-,12?,13-,16-,17-,18?/m0/s1. The summed E-state index contributed by atoms with van der Waals surface area (Å²) < 4.78 is 11.9. The summed E-state index contributed by atoms with van der Waals surface area (Å²) >= 11 is 0. The number of hydrogen-bond acceptors (Lipinski definition) is 6. The van der Waals surface area contributed by atoms with E-state index in [1.54, 1.807) is 18.2 Å². The number of Topliss-reactive ketones (excluding diaryl/α,β-unsaturated/α-hetero) is 1. The van der Waals surface area contributed by atoms with E-state index in [9.17, 15) is 15.0 Å². The van der Waals surface area contributed by atoms with Crippen molar-refractivity contribution in [2.45, 2.75) is 36.6 Å². The molecule has 2 bridgehead atoms. The first-order valence-electron chi connectivity index (χ1n) is 8.42. The summed E-state index contributed by atoms with van der Waals surface area (Å²) in [5.41, 5.74) is 0.816. The van der Waals surface area contributed by atoms with Gasteiger partial charge in [-0.05, 0) is 26.1 Å². The van der Waals surface area contributed by atoms with Crippen molar-refractivity contribution in [3.8, 4) is 0 Å². The molecule has 2 unspecified atom stereocenters. The molecular weight excluding hydrogens is 310 g/mol. The molecular formula is C18H21NO5. The van der Waals surface area contributed by atoms with Gasteiger partial charge < -0.3 is 19.7 Å². The number of ether oxygens (including phenoxy) is 2. The molecule has 2 aliphatic heterocycles. The monoisotopic (exact) mass is 331 g/mol. The first-order valence-corrected chi connectivity index (χ1v) is 8.42. The van der Waals surface area contributed by atoms with Crippen molar-refractivity contribution in [1.82, 2.24) is 4.90 Å². The van der Waals surface area contributed by atoms with Crippen LogP contribution in [0.1, 0.15) is 6.42 Å². The number of rotatable bonds is 1. The molecule has 0 aromatic rings. The number of carbonyl (C=O) groups excluding carboxylic acids is 1. The highest BCUT2D eigenvalue weighted by Crippen LogP contribution is 2.66. The smallest absolute Gasteiger partial charge is 0.223 e. The lowest BCUT2D eigenvalue weighted by molar-refractivity contribution is -0.246. The molecule has 6 nitrogen and oxygen atoms in total. The summed E-state index contributed by atoms with van der Waals surface area (Å²) in [6.45, 7) is 0.740. The normalized spacial score (nSPS) is 52.0. The van der Waals surface area contributed by atoms with E-state index in [0.29, 0.717) is 5.57 Å². The van der Waals surface area contributed by atoms with Crippen molar-refractivity contribution >= 4 is 5.78 Å². The van der Waals surface area contributed by atoms with Crippen LogP contribution in [0.15, 0.2) is 35.5 Å². The summed E-state index contributed by atoms with van der Waals surface area (Å²) in [5, 5.41) is 21.2. The zero-order chi connectivity index (χ0) is 16.9. The van der Waals surface area contributed by atoms with Gasteiger partial charge in [0, 0.05) is 29.6 Å². The Kier molecular flexibility index (Phi) is 2.78. The molecule has 3 aliphatic carbocycles. The highest BCUT2D eigenvalue weighted by molar-refractivity contribution is 6.05. The molecule has 6 heteroatoms. The van der Waals surface area contributed by atoms with Crippen LogP contribution in [0.5, 0.6) is 0 Å². The highest BCUT2D eigenvalue weighted by atomic mass is 16.7. The van der Waals surface area contributed by atoms with Crippen LogP contribution in [0.2, 0.25) is 0 Å². The molecule has 0 aromatic heterocycles. The zero-order valence-corrected chi connectivity index (χ0v) is 13.7. The fourth-order valence-corrected chi connectivity index (χ4v) is 5.70. The van der Waals surface area contributed by atoms with E-state index in [0.717, 1.165) is 18.5 Å². The number of carbonyl (C=O) groups is 1. The maximum atomic E-state index is 13.2. The molecule has 0 saturated carbocycles. The second kappa shape index (κ2) is 4.45. The zero-order valence-electron chi connectivity index (χ0n) is 13.7. The Labute approximate surface area is 140 Å². The largest absolute Gasteiger partial charge is 0.386 e. The Bertz CT molecular complexity index is 727. The van der Waals surface area contributed by atoms with Gasteiger partial charge in [-0.1, -0.05) is 18.2 Å². The van der Waals surface area contributed by atoms with Gasteiger partial charge in [-0.25, -0.2) is 0 Å². The van der Waals surface area contributed by atoms with Crippen molar-refractivity contribution in [2.24, 2.45) is 11.3 Å². The van der Waals surface area contributed by atoms with Crippen LogP contribution in [-0.2, 0) is 14.3 Å². The molecule has 2 saturated heterocycles. The van der Waals surface area contributed by atoms with E-state index < -0.39 is 29.5 Å². The molecule has 5 aliphatic rings. The van der Waals surface area contributed by atoms with E-state index in [2.05, 4.69) is 4.90 Å². The Morgan fingerprint density at radius 1 is 1.33 bits per heavy atom. The number of aliphatic hydroxyl groups is 2. The molecule has 5 rings (SSSR count). The maximum absolute atomic E-state index is 13.2. The van der Waals surface area contributed by atoms with Crippen LogP contribution in [0, 0.1) is 11.3 Å². The van der Waals surface area contributed by atoms with E-state index in [1.165, 1.54) is 7.11 Å². The van der Waals surface area contributed by atoms with Crippen LogP contribution < -0.4 is 0 Å². The van der Waals surface area contributed by atoms with Gasteiger partial charge in [-0.15, -0.1) is 0 Å². The van der Waals surface area contributed by atoms with Gasteiger partial charge in [-0.3, -0.25) is 9.69 Å². The lowest BCUT2D eigenvalue weighted by Crippen LogP contribution is -2.65. The number of hydrogen-bond donors (Lipinski definition) is 2. The minimum Gasteiger partial charge on any atom is -0.386 e. The van der Waals surface area contributed by atoms with Gasteiger partial charge in [0.2, 0.25) is 5.79 Å². The van der Waals surface area contributed by atoms with E-state index in [1.807, 2.05) is 13.1 Å². The minimum atomic E-state index is -1.38. The number of methoxy groups -OCH3 is 1. The lowest BCUT2D eigenvalue weighted by atomic mass is 9.51. The number of ketones is 1. The maximum Gasteiger partial charge on any atom is 0.223 e. The summed E-state index contributed by atoms with van der Waals surface area (Å²) in [5.74, 6) is -1.41. The van der Waals surface area contributed by atoms with Crippen LogP contribution in [-0.4, -0.2) is 71.7 Å². The molecule has 7 atom stereocenters. The van der Waals surface area contributed by atoms with Crippen LogP contribution >= 0.6 is 0 Å². The summed E-state index contributed by atoms with van der Waals surface area (Å²) in [6.07, 6.45) is 5.41. The molecule has 24 heavy (non-hydrogen) atoms. The Morgan fingerprint density at radius 3 is 2.88 bits per heavy atom. The average Bonchev–Trinajstić information content (AvgIpc) is 2.89. The van der Waals surface area contributed by atoms with Crippen LogP contribution in [0.4, 0.5) is 0 Å². The topological polar surface area (TPSA) is 79.2 Å². The highest BCUT2D eigenvalue weighted by Gasteiger charge is 2.73. The second-order valence-electron chi connectivity index (χ2n) is 7.48. The fraction of sp³-hybridized carbons (Fsp3) is 0.611. The van der Waals surface area contributed by atoms with Crippen molar-refractivity contribution < 1.29 is 24.5 Å². The predicted molar refractivity (Wildman–Crippen MR) is 83.9 cm³/mol. The molecule has 0 radical (unpaired) electrons. The quantitative estimate of drug-likeness (QED) is 0.647. The predicted octanol–water partition coefficient (Wildman–Crippen LogP) is -0.225. The van der Waals surface area contributed by atoms with E-state index >= 15 is 0 Å². The summed E-state index contributed by atoms with van der Waals surface area (Å²) in [7, 11) is 3.46. The summed E-state index contributed by atoms with van der Waals surface area (Å²) in [4.78, 5) is 15.3. The third kappa shape index (κ3) is 1.36. The number of aliphatic hydroxyl groups excluding tert-OH is 2. The number of piperidine rings is 1. The lowest BCUT2D eigenvalue weighted by Gasteiger charge is -2.56. The number of likely N-dealkylation sites (N-methyl/N-ethyl adjacent to an activating group) is 1. The van der Waals surface area contributed by atoms with Crippen molar-refractivity contribution in [1.29, 1.82) is 0 Å². The number of likely N-dealkylation sites (tertiary alicyclic amines) is 1. The van der Waals surface area contributed by atoms with Crippen molar-refractivity contribution in [3.05, 3.63) is 35.5 Å². The molecule has 0 aromatic carbocycles. The Balaban J connectivity index is 1.86. The number of allylic oxidation sites excluding steroid dienone is 1. The molecule has 2 heterocycles. The third-order valence-electron chi connectivity index (χ3n) is 6.68. The van der Waals surface area contributed by atoms with E-state index in [4.69, 9.17) is 9.47 Å². The first kappa shape index (κ1) is 15.0. The first-order chi connectivity index (χ1) is 11.5. The summed E-state index contributed by atoms with van der Waals surface area (Å²) in [6, 6.07) is -0.264. The minimum absolute atomic E-state index is 0.0442. The van der Waals surface area contributed by atoms with Crippen LogP contribution in [0.3, 0.4) is 0 Å². The SMILES string of the molecule is COC12O[C@H]3[C@@H](O)C=C[C@H]4[C@H]5C(=O)C(=C1[C@]43CCN5C)C=CC2O.